The number of allylic oxidation sites excluding steroid dienone is 1. The lowest BCUT2D eigenvalue weighted by Gasteiger charge is -2.22. The van der Waals surface area contributed by atoms with Crippen LogP contribution in [-0.4, -0.2) is 37.1 Å². The molecule has 1 aliphatic heterocycles. The van der Waals surface area contributed by atoms with Gasteiger partial charge in [-0.15, -0.1) is 0 Å². The minimum atomic E-state index is -0.895. The molecule has 1 aliphatic carbocycles. The molecule has 1 heterocycles. The number of carbonyl (C=O) groups is 3. The molecule has 2 rings (SSSR count). The first kappa shape index (κ1) is 23.3. The number of hydrogen-bond acceptors (Lipinski definition) is 9. The summed E-state index contributed by atoms with van der Waals surface area (Å²) in [5, 5.41) is 0. The molecule has 0 amide bonds. The largest absolute Gasteiger partial charge is 0.511 e. The van der Waals surface area contributed by atoms with Crippen molar-refractivity contribution in [3.8, 4) is 0 Å². The van der Waals surface area contributed by atoms with Gasteiger partial charge < -0.3 is 28.4 Å². The summed E-state index contributed by atoms with van der Waals surface area (Å²) in [6.45, 7) is 9.34. The van der Waals surface area contributed by atoms with Gasteiger partial charge in [0.25, 0.3) is 5.95 Å². The van der Waals surface area contributed by atoms with Crippen molar-refractivity contribution in [2.24, 2.45) is 0 Å². The van der Waals surface area contributed by atoms with Crippen LogP contribution in [0.1, 0.15) is 59.8 Å². The number of rotatable bonds is 5. The van der Waals surface area contributed by atoms with E-state index in [0.717, 1.165) is 25.7 Å². The Balaban J connectivity index is 0.000000292. The lowest BCUT2D eigenvalue weighted by Crippen LogP contribution is -2.26. The van der Waals surface area contributed by atoms with Crippen LogP contribution in [0, 0.1) is 0 Å². The average Bonchev–Trinajstić information content (AvgIpc) is 2.91. The molecule has 1 unspecified atom stereocenters. The van der Waals surface area contributed by atoms with Crippen LogP contribution in [-0.2, 0) is 38.0 Å². The van der Waals surface area contributed by atoms with Crippen molar-refractivity contribution in [1.82, 2.24) is 0 Å². The molecule has 0 aromatic rings. The molecule has 28 heavy (non-hydrogen) atoms. The summed E-state index contributed by atoms with van der Waals surface area (Å²) in [6, 6.07) is 0. The molecule has 0 spiro atoms. The predicted octanol–water partition coefficient (Wildman–Crippen LogP) is 3.68. The number of hydrogen-bond donors (Lipinski definition) is 0. The molecule has 0 aromatic heterocycles. The van der Waals surface area contributed by atoms with E-state index < -0.39 is 18.4 Å². The van der Waals surface area contributed by atoms with Crippen molar-refractivity contribution in [3.05, 3.63) is 24.0 Å². The zero-order valence-electron chi connectivity index (χ0n) is 16.8. The summed E-state index contributed by atoms with van der Waals surface area (Å²) in [5.74, 6) is 0.459. The molecular weight excluding hydrogens is 372 g/mol. The van der Waals surface area contributed by atoms with E-state index in [1.807, 2.05) is 0 Å². The first-order valence-corrected chi connectivity index (χ1v) is 9.09. The second-order valence-corrected chi connectivity index (χ2v) is 6.26. The molecule has 1 atom stereocenters. The van der Waals surface area contributed by atoms with Crippen molar-refractivity contribution in [2.75, 3.05) is 6.61 Å². The number of esters is 2. The van der Waals surface area contributed by atoms with Gasteiger partial charge in [-0.1, -0.05) is 6.42 Å². The van der Waals surface area contributed by atoms with Gasteiger partial charge >= 0.3 is 18.1 Å². The van der Waals surface area contributed by atoms with E-state index in [1.54, 1.807) is 6.92 Å². The third-order valence-electron chi connectivity index (χ3n) is 3.71. The fourth-order valence-electron chi connectivity index (χ4n) is 2.50. The van der Waals surface area contributed by atoms with Crippen LogP contribution < -0.4 is 0 Å². The zero-order chi connectivity index (χ0) is 21.1. The van der Waals surface area contributed by atoms with Crippen LogP contribution in [0.5, 0.6) is 0 Å². The molecule has 9 heteroatoms. The van der Waals surface area contributed by atoms with Gasteiger partial charge in [0.15, 0.2) is 12.4 Å². The van der Waals surface area contributed by atoms with Gasteiger partial charge in [-0.05, 0) is 39.2 Å². The second-order valence-electron chi connectivity index (χ2n) is 6.26. The van der Waals surface area contributed by atoms with E-state index in [0.29, 0.717) is 11.5 Å². The number of carbonyl (C=O) groups excluding carboxylic acids is 3. The molecule has 0 saturated heterocycles. The van der Waals surface area contributed by atoms with Gasteiger partial charge in [0.2, 0.25) is 6.29 Å². The summed E-state index contributed by atoms with van der Waals surface area (Å²) >= 11 is 0. The highest BCUT2D eigenvalue weighted by Crippen LogP contribution is 2.23. The first-order valence-electron chi connectivity index (χ1n) is 9.09. The van der Waals surface area contributed by atoms with Crippen molar-refractivity contribution in [1.29, 1.82) is 0 Å². The normalized spacial score (nSPS) is 17.4. The standard InChI is InChI=1S/C11H18O5.C8H10O4/c1-8(12)14-9(2)15-11(13)16-10-6-4-3-5-7-10;1-5-8(4-10-6(2)9)12-7(3)11-5/h9-10H,3-7H2,1-2H3;3-4H2,1-2H3. The molecule has 0 N–H and O–H groups in total. The fraction of sp³-hybridized carbons (Fsp3) is 0.632. The third kappa shape index (κ3) is 9.84. The Morgan fingerprint density at radius 3 is 2.21 bits per heavy atom. The molecule has 9 nitrogen and oxygen atoms in total. The van der Waals surface area contributed by atoms with Crippen LogP contribution in [0.4, 0.5) is 4.79 Å². The summed E-state index contributed by atoms with van der Waals surface area (Å²) < 4.78 is 29.2. The Morgan fingerprint density at radius 1 is 1.07 bits per heavy atom. The van der Waals surface area contributed by atoms with Gasteiger partial charge in [-0.3, -0.25) is 9.59 Å². The lowest BCUT2D eigenvalue weighted by molar-refractivity contribution is -0.166. The Kier molecular flexibility index (Phi) is 9.91. The molecule has 1 saturated carbocycles. The van der Waals surface area contributed by atoms with E-state index in [9.17, 15) is 14.4 Å². The average molecular weight is 400 g/mol. The Morgan fingerprint density at radius 2 is 1.71 bits per heavy atom. The zero-order valence-corrected chi connectivity index (χ0v) is 16.8. The molecular formula is C19H28O9. The van der Waals surface area contributed by atoms with Crippen molar-refractivity contribution < 1.29 is 42.8 Å². The molecule has 1 fully saturated rings. The van der Waals surface area contributed by atoms with Gasteiger partial charge in [0.05, 0.1) is 0 Å². The predicted molar refractivity (Wildman–Crippen MR) is 96.3 cm³/mol. The van der Waals surface area contributed by atoms with Crippen molar-refractivity contribution in [3.63, 3.8) is 0 Å². The molecule has 2 aliphatic rings. The Hall–Kier alpha value is -2.71. The highest BCUT2D eigenvalue weighted by atomic mass is 16.8. The van der Waals surface area contributed by atoms with Crippen LogP contribution in [0.2, 0.25) is 0 Å². The Bertz CT molecular complexity index is 603. The van der Waals surface area contributed by atoms with E-state index in [-0.39, 0.29) is 24.6 Å². The molecule has 0 aromatic carbocycles. The summed E-state index contributed by atoms with van der Waals surface area (Å²) in [5.41, 5.74) is 0. The summed E-state index contributed by atoms with van der Waals surface area (Å²) in [6.07, 6.45) is 3.42. The smallest absolute Gasteiger partial charge is 0.458 e. The third-order valence-corrected chi connectivity index (χ3v) is 3.71. The van der Waals surface area contributed by atoms with Crippen LogP contribution in [0.3, 0.4) is 0 Å². The maximum absolute atomic E-state index is 11.3. The summed E-state index contributed by atoms with van der Waals surface area (Å²) in [7, 11) is 0. The van der Waals surface area contributed by atoms with E-state index in [2.05, 4.69) is 11.3 Å². The first-order chi connectivity index (χ1) is 13.2. The van der Waals surface area contributed by atoms with Gasteiger partial charge in [0.1, 0.15) is 11.9 Å². The minimum Gasteiger partial charge on any atom is -0.458 e. The number of ether oxygens (including phenoxy) is 6. The molecule has 158 valence electrons. The highest BCUT2D eigenvalue weighted by molar-refractivity contribution is 5.66. The van der Waals surface area contributed by atoms with Gasteiger partial charge in [-0.2, -0.15) is 0 Å². The maximum atomic E-state index is 11.3. The van der Waals surface area contributed by atoms with Gasteiger partial charge in [-0.25, -0.2) is 4.79 Å². The summed E-state index contributed by atoms with van der Waals surface area (Å²) in [4.78, 5) is 32.3. The van der Waals surface area contributed by atoms with E-state index in [1.165, 1.54) is 27.2 Å². The van der Waals surface area contributed by atoms with Crippen LogP contribution in [0.25, 0.3) is 0 Å². The quantitative estimate of drug-likeness (QED) is 0.388. The minimum absolute atomic E-state index is 0.0502. The van der Waals surface area contributed by atoms with Crippen LogP contribution in [0.15, 0.2) is 24.0 Å². The van der Waals surface area contributed by atoms with E-state index in [4.69, 9.17) is 23.7 Å². The monoisotopic (exact) mass is 400 g/mol. The van der Waals surface area contributed by atoms with Gasteiger partial charge in [0, 0.05) is 20.8 Å². The lowest BCUT2D eigenvalue weighted by atomic mass is 9.98. The Labute approximate surface area is 164 Å². The topological polar surface area (TPSA) is 107 Å². The van der Waals surface area contributed by atoms with E-state index >= 15 is 0 Å². The maximum Gasteiger partial charge on any atom is 0.511 e. The van der Waals surface area contributed by atoms with Crippen molar-refractivity contribution in [2.45, 2.75) is 72.2 Å². The second kappa shape index (κ2) is 11.9. The molecule has 0 bridgehead atoms. The van der Waals surface area contributed by atoms with Crippen molar-refractivity contribution >= 4 is 18.1 Å². The van der Waals surface area contributed by atoms with Crippen LogP contribution >= 0.6 is 0 Å². The molecule has 0 radical (unpaired) electrons. The highest BCUT2D eigenvalue weighted by Gasteiger charge is 2.21. The SMILES string of the molecule is C=C1OC(C)=C(COC(C)=O)O1.CC(=O)OC(C)OC(=O)OC1CCCCC1. The fourth-order valence-corrected chi connectivity index (χ4v) is 2.50.